The van der Waals surface area contributed by atoms with Gasteiger partial charge in [0.2, 0.25) is 5.95 Å². The first kappa shape index (κ1) is 18.4. The summed E-state index contributed by atoms with van der Waals surface area (Å²) in [5, 5.41) is 11.0. The van der Waals surface area contributed by atoms with E-state index in [9.17, 15) is 0 Å². The molecular weight excluding hydrogens is 312 g/mol. The smallest absolute Gasteiger partial charge is 0.222 e. The van der Waals surface area contributed by atoms with E-state index in [-0.39, 0.29) is 5.95 Å². The predicted molar refractivity (Wildman–Crippen MR) is 105 cm³/mol. The van der Waals surface area contributed by atoms with Crippen LogP contribution in [0.5, 0.6) is 0 Å². The van der Waals surface area contributed by atoms with Crippen LogP contribution in [0.4, 0.5) is 11.8 Å². The number of nitrogens with one attached hydrogen (secondary N) is 2. The zero-order chi connectivity index (χ0) is 18.6. The lowest BCUT2D eigenvalue weighted by atomic mass is 10.0. The van der Waals surface area contributed by atoms with E-state index in [1.807, 2.05) is 25.1 Å². The van der Waals surface area contributed by atoms with Crippen LogP contribution < -0.4 is 16.8 Å². The second kappa shape index (κ2) is 7.79. The average molecular weight is 338 g/mol. The number of aromatic nitrogens is 2. The van der Waals surface area contributed by atoms with Crippen LogP contribution in [-0.4, -0.2) is 22.2 Å². The highest BCUT2D eigenvalue weighted by molar-refractivity contribution is 5.96. The third-order valence-corrected chi connectivity index (χ3v) is 4.23. The van der Waals surface area contributed by atoms with Gasteiger partial charge in [-0.1, -0.05) is 18.2 Å². The van der Waals surface area contributed by atoms with Gasteiger partial charge in [0.15, 0.2) is 0 Å². The summed E-state index contributed by atoms with van der Waals surface area (Å²) in [6.45, 7) is 8.32. The summed E-state index contributed by atoms with van der Waals surface area (Å²) in [6.07, 6.45) is 0.653. The average Bonchev–Trinajstić information content (AvgIpc) is 2.53. The van der Waals surface area contributed by atoms with Crippen molar-refractivity contribution < 1.29 is 0 Å². The van der Waals surface area contributed by atoms with Crippen LogP contribution in [0.1, 0.15) is 31.4 Å². The van der Waals surface area contributed by atoms with Gasteiger partial charge >= 0.3 is 0 Å². The first-order valence-electron chi connectivity index (χ1n) is 8.25. The summed E-state index contributed by atoms with van der Waals surface area (Å²) < 4.78 is 0. The van der Waals surface area contributed by atoms with Crippen molar-refractivity contribution in [3.05, 3.63) is 46.7 Å². The van der Waals surface area contributed by atoms with Crippen molar-refractivity contribution in [1.82, 2.24) is 9.97 Å². The van der Waals surface area contributed by atoms with Crippen LogP contribution in [0.3, 0.4) is 0 Å². The molecule has 0 atom stereocenters. The van der Waals surface area contributed by atoms with Gasteiger partial charge in [0, 0.05) is 29.6 Å². The van der Waals surface area contributed by atoms with Crippen LogP contribution in [0.2, 0.25) is 0 Å². The highest BCUT2D eigenvalue weighted by atomic mass is 15.1. The van der Waals surface area contributed by atoms with Crippen molar-refractivity contribution in [1.29, 1.82) is 5.41 Å². The maximum absolute atomic E-state index is 7.78. The molecule has 0 radical (unpaired) electrons. The fraction of sp³-hybridized carbons (Fsp3) is 0.316. The Balaban J connectivity index is 2.21. The van der Waals surface area contributed by atoms with E-state index in [2.05, 4.69) is 35.2 Å². The Labute approximate surface area is 148 Å². The summed E-state index contributed by atoms with van der Waals surface area (Å²) in [5.41, 5.74) is 18.0. The SMILES string of the molecule is CC(=N)/C(CCNc1cc(-c2cccc(C)c2C)nc(N)n1)=C(/C)N. The fourth-order valence-corrected chi connectivity index (χ4v) is 2.72. The predicted octanol–water partition coefficient (Wildman–Crippen LogP) is 3.42. The number of aryl methyl sites for hydroxylation is 1. The number of benzene rings is 1. The second-order valence-corrected chi connectivity index (χ2v) is 6.21. The number of allylic oxidation sites excluding steroid dienone is 1. The van der Waals surface area contributed by atoms with Gasteiger partial charge in [-0.15, -0.1) is 0 Å². The Bertz CT molecular complexity index is 819. The zero-order valence-electron chi connectivity index (χ0n) is 15.3. The molecule has 1 aromatic heterocycles. The highest BCUT2D eigenvalue weighted by Gasteiger charge is 2.09. The summed E-state index contributed by atoms with van der Waals surface area (Å²) in [7, 11) is 0. The number of rotatable bonds is 6. The van der Waals surface area contributed by atoms with Crippen LogP contribution in [-0.2, 0) is 0 Å². The Morgan fingerprint density at radius 3 is 2.56 bits per heavy atom. The topological polar surface area (TPSA) is 114 Å². The van der Waals surface area contributed by atoms with Gasteiger partial charge in [-0.25, -0.2) is 4.98 Å². The minimum absolute atomic E-state index is 0.231. The van der Waals surface area contributed by atoms with E-state index in [1.165, 1.54) is 11.1 Å². The first-order chi connectivity index (χ1) is 11.8. The van der Waals surface area contributed by atoms with Crippen LogP contribution >= 0.6 is 0 Å². The van der Waals surface area contributed by atoms with Crippen molar-refractivity contribution in [2.24, 2.45) is 5.73 Å². The van der Waals surface area contributed by atoms with E-state index in [0.717, 1.165) is 16.8 Å². The Kier molecular flexibility index (Phi) is 5.75. The molecule has 0 aliphatic heterocycles. The van der Waals surface area contributed by atoms with E-state index in [4.69, 9.17) is 16.9 Å². The lowest BCUT2D eigenvalue weighted by Gasteiger charge is -2.12. The molecule has 0 saturated carbocycles. The maximum atomic E-state index is 7.78. The van der Waals surface area contributed by atoms with Gasteiger partial charge in [0.05, 0.1) is 5.69 Å². The van der Waals surface area contributed by atoms with E-state index >= 15 is 0 Å². The molecule has 2 rings (SSSR count). The first-order valence-corrected chi connectivity index (χ1v) is 8.25. The molecule has 0 unspecified atom stereocenters. The van der Waals surface area contributed by atoms with E-state index in [1.54, 1.807) is 6.92 Å². The highest BCUT2D eigenvalue weighted by Crippen LogP contribution is 2.26. The standard InChI is InChI=1S/C19H26N6/c1-11-6-5-7-15(12(11)2)17-10-18(25-19(22)24-17)23-9-8-16(13(3)20)14(4)21/h5-7,10,20H,8-9,21H2,1-4H3,(H3,22,23,24,25)/b16-14-,20-13?. The van der Waals surface area contributed by atoms with Crippen LogP contribution in [0.25, 0.3) is 11.3 Å². The van der Waals surface area contributed by atoms with Gasteiger partial charge in [-0.05, 0) is 50.8 Å². The van der Waals surface area contributed by atoms with Crippen molar-refractivity contribution in [3.8, 4) is 11.3 Å². The number of hydrogen-bond donors (Lipinski definition) is 4. The Hall–Kier alpha value is -2.89. The fourth-order valence-electron chi connectivity index (χ4n) is 2.72. The van der Waals surface area contributed by atoms with Crippen molar-refractivity contribution in [2.75, 3.05) is 17.6 Å². The van der Waals surface area contributed by atoms with Gasteiger partial charge in [-0.3, -0.25) is 0 Å². The molecule has 0 bridgehead atoms. The number of nitrogen functional groups attached to an aromatic ring is 1. The summed E-state index contributed by atoms with van der Waals surface area (Å²) in [6, 6.07) is 8.02. The summed E-state index contributed by atoms with van der Waals surface area (Å²) in [5.74, 6) is 0.898. The number of anilines is 2. The van der Waals surface area contributed by atoms with Gasteiger partial charge in [-0.2, -0.15) is 4.98 Å². The zero-order valence-corrected chi connectivity index (χ0v) is 15.3. The third-order valence-electron chi connectivity index (χ3n) is 4.23. The van der Waals surface area contributed by atoms with E-state index < -0.39 is 0 Å². The molecule has 1 heterocycles. The quantitative estimate of drug-likeness (QED) is 0.603. The van der Waals surface area contributed by atoms with Gasteiger partial charge in [0.25, 0.3) is 0 Å². The van der Waals surface area contributed by atoms with Crippen LogP contribution in [0, 0.1) is 19.3 Å². The number of hydrogen-bond acceptors (Lipinski definition) is 6. The molecule has 6 nitrogen and oxygen atoms in total. The molecule has 0 amide bonds. The van der Waals surface area contributed by atoms with E-state index in [0.29, 0.717) is 30.2 Å². The largest absolute Gasteiger partial charge is 0.402 e. The van der Waals surface area contributed by atoms with Crippen molar-refractivity contribution in [2.45, 2.75) is 34.1 Å². The second-order valence-electron chi connectivity index (χ2n) is 6.21. The normalized spacial score (nSPS) is 11.8. The molecule has 132 valence electrons. The Morgan fingerprint density at radius 1 is 1.20 bits per heavy atom. The molecule has 0 fully saturated rings. The minimum Gasteiger partial charge on any atom is -0.402 e. The molecular formula is C19H26N6. The molecule has 2 aromatic rings. The summed E-state index contributed by atoms with van der Waals surface area (Å²) >= 11 is 0. The summed E-state index contributed by atoms with van der Waals surface area (Å²) in [4.78, 5) is 8.62. The molecule has 0 spiro atoms. The molecule has 1 aromatic carbocycles. The maximum Gasteiger partial charge on any atom is 0.222 e. The van der Waals surface area contributed by atoms with Crippen LogP contribution in [0.15, 0.2) is 35.5 Å². The number of nitrogens with zero attached hydrogens (tertiary/aromatic N) is 2. The molecule has 6 heteroatoms. The molecule has 0 aliphatic rings. The lowest BCUT2D eigenvalue weighted by Crippen LogP contribution is -2.12. The molecule has 6 N–H and O–H groups in total. The van der Waals surface area contributed by atoms with Crippen molar-refractivity contribution >= 4 is 17.5 Å². The van der Waals surface area contributed by atoms with Crippen molar-refractivity contribution in [3.63, 3.8) is 0 Å². The molecule has 25 heavy (non-hydrogen) atoms. The monoisotopic (exact) mass is 338 g/mol. The lowest BCUT2D eigenvalue weighted by molar-refractivity contribution is 0.990. The molecule has 0 aliphatic carbocycles. The number of nitrogens with two attached hydrogens (primary N) is 2. The van der Waals surface area contributed by atoms with Gasteiger partial charge < -0.3 is 22.2 Å². The molecule has 0 saturated heterocycles. The third kappa shape index (κ3) is 4.56. The minimum atomic E-state index is 0.231. The van der Waals surface area contributed by atoms with Gasteiger partial charge in [0.1, 0.15) is 5.82 Å². The Morgan fingerprint density at radius 2 is 1.92 bits per heavy atom.